The first-order chi connectivity index (χ1) is 8.72. The molecule has 0 aliphatic carbocycles. The number of hydrogen-bond donors (Lipinski definition) is 1. The number of nitrogens with zero attached hydrogens (tertiary/aromatic N) is 1. The smallest absolute Gasteiger partial charge is 0.175 e. The molecule has 0 fully saturated rings. The Labute approximate surface area is 105 Å². The van der Waals surface area contributed by atoms with Gasteiger partial charge in [-0.3, -0.25) is 0 Å². The molecule has 0 atom stereocenters. The van der Waals surface area contributed by atoms with Crippen LogP contribution in [0.25, 0.3) is 11.1 Å². The van der Waals surface area contributed by atoms with Crippen LogP contribution in [0, 0.1) is 5.82 Å². The molecule has 0 amide bonds. The van der Waals surface area contributed by atoms with Gasteiger partial charge < -0.3 is 15.0 Å². The second-order valence-electron chi connectivity index (χ2n) is 3.82. The molecule has 0 saturated heterocycles. The number of nitrogens with two attached hydrogens (primary N) is 1. The lowest BCUT2D eigenvalue weighted by Crippen LogP contribution is -1.98. The Balaban J connectivity index is 2.25. The van der Waals surface area contributed by atoms with Gasteiger partial charge in [0.15, 0.2) is 5.82 Å². The lowest BCUT2D eigenvalue weighted by atomic mass is 10.0. The normalized spacial score (nSPS) is 10.8. The largest absolute Gasteiger partial charge is 0.381 e. The van der Waals surface area contributed by atoms with Crippen molar-refractivity contribution in [1.82, 2.24) is 5.16 Å². The molecule has 4 nitrogen and oxygen atoms in total. The van der Waals surface area contributed by atoms with E-state index in [4.69, 9.17) is 15.0 Å². The maximum atomic E-state index is 12.9. The molecule has 0 aliphatic heterocycles. The van der Waals surface area contributed by atoms with Gasteiger partial charge in [0.25, 0.3) is 0 Å². The molecule has 5 heteroatoms. The monoisotopic (exact) mass is 250 g/mol. The van der Waals surface area contributed by atoms with Crippen molar-refractivity contribution in [3.63, 3.8) is 0 Å². The Morgan fingerprint density at radius 2 is 2.06 bits per heavy atom. The third kappa shape index (κ3) is 2.68. The summed E-state index contributed by atoms with van der Waals surface area (Å²) in [5, 5.41) is 3.75. The Bertz CT molecular complexity index is 508. The van der Waals surface area contributed by atoms with Gasteiger partial charge in [-0.1, -0.05) is 17.3 Å². The number of benzene rings is 1. The molecule has 2 N–H and O–H groups in total. The van der Waals surface area contributed by atoms with Crippen molar-refractivity contribution >= 4 is 5.82 Å². The molecule has 0 radical (unpaired) electrons. The molecule has 18 heavy (non-hydrogen) atoms. The summed E-state index contributed by atoms with van der Waals surface area (Å²) in [6, 6.07) is 6.08. The third-order valence-electron chi connectivity index (χ3n) is 2.60. The fraction of sp³-hybridized carbons (Fsp3) is 0.308. The van der Waals surface area contributed by atoms with Gasteiger partial charge in [0, 0.05) is 13.0 Å². The molecule has 0 bridgehead atoms. The summed E-state index contributed by atoms with van der Waals surface area (Å²) in [6.45, 7) is 3.12. The minimum Gasteiger partial charge on any atom is -0.381 e. The summed E-state index contributed by atoms with van der Waals surface area (Å²) in [4.78, 5) is 0. The van der Waals surface area contributed by atoms with Crippen molar-refractivity contribution in [2.45, 2.75) is 13.3 Å². The second kappa shape index (κ2) is 5.64. The number of anilines is 1. The van der Waals surface area contributed by atoms with E-state index in [1.807, 2.05) is 6.92 Å². The van der Waals surface area contributed by atoms with E-state index < -0.39 is 0 Å². The van der Waals surface area contributed by atoms with Crippen LogP contribution in [-0.2, 0) is 11.2 Å². The van der Waals surface area contributed by atoms with Crippen molar-refractivity contribution in [1.29, 1.82) is 0 Å². The van der Waals surface area contributed by atoms with Gasteiger partial charge in [-0.25, -0.2) is 4.39 Å². The van der Waals surface area contributed by atoms with Crippen molar-refractivity contribution < 1.29 is 13.7 Å². The molecule has 2 aromatic rings. The first-order valence-corrected chi connectivity index (χ1v) is 5.80. The van der Waals surface area contributed by atoms with E-state index >= 15 is 0 Å². The highest BCUT2D eigenvalue weighted by Crippen LogP contribution is 2.29. The van der Waals surface area contributed by atoms with E-state index in [2.05, 4.69) is 5.16 Å². The van der Waals surface area contributed by atoms with Gasteiger partial charge in [0.2, 0.25) is 0 Å². The highest BCUT2D eigenvalue weighted by atomic mass is 19.1. The minimum atomic E-state index is -0.287. The van der Waals surface area contributed by atoms with Crippen LogP contribution in [-0.4, -0.2) is 18.4 Å². The van der Waals surface area contributed by atoms with Crippen molar-refractivity contribution in [2.24, 2.45) is 0 Å². The van der Waals surface area contributed by atoms with Crippen LogP contribution in [0.5, 0.6) is 0 Å². The number of halogens is 1. The quantitative estimate of drug-likeness (QED) is 0.829. The third-order valence-corrected chi connectivity index (χ3v) is 2.60. The van der Waals surface area contributed by atoms with Crippen LogP contribution >= 0.6 is 0 Å². The molecular formula is C13H15FN2O2. The van der Waals surface area contributed by atoms with Gasteiger partial charge in [0.05, 0.1) is 12.2 Å². The Kier molecular flexibility index (Phi) is 3.94. The van der Waals surface area contributed by atoms with E-state index in [1.165, 1.54) is 12.1 Å². The Morgan fingerprint density at radius 3 is 2.72 bits per heavy atom. The molecule has 2 rings (SSSR count). The fourth-order valence-electron chi connectivity index (χ4n) is 1.74. The van der Waals surface area contributed by atoms with Crippen LogP contribution in [0.15, 0.2) is 28.8 Å². The molecule has 1 heterocycles. The van der Waals surface area contributed by atoms with Crippen molar-refractivity contribution in [3.8, 4) is 11.1 Å². The lowest BCUT2D eigenvalue weighted by molar-refractivity contribution is 0.145. The van der Waals surface area contributed by atoms with Crippen molar-refractivity contribution in [2.75, 3.05) is 18.9 Å². The Morgan fingerprint density at radius 1 is 1.33 bits per heavy atom. The first-order valence-electron chi connectivity index (χ1n) is 5.80. The summed E-state index contributed by atoms with van der Waals surface area (Å²) in [5.41, 5.74) is 7.29. The number of rotatable bonds is 5. The minimum absolute atomic E-state index is 0.287. The van der Waals surface area contributed by atoms with Gasteiger partial charge in [0.1, 0.15) is 11.6 Å². The van der Waals surface area contributed by atoms with E-state index in [9.17, 15) is 4.39 Å². The highest BCUT2D eigenvalue weighted by Gasteiger charge is 2.15. The van der Waals surface area contributed by atoms with Crippen LogP contribution < -0.4 is 5.73 Å². The molecule has 0 saturated carbocycles. The number of hydrogen-bond acceptors (Lipinski definition) is 4. The molecule has 1 aromatic carbocycles. The summed E-state index contributed by atoms with van der Waals surface area (Å²) >= 11 is 0. The molecule has 0 spiro atoms. The predicted octanol–water partition coefficient (Wildman–Crippen LogP) is 2.64. The van der Waals surface area contributed by atoms with E-state index in [-0.39, 0.29) is 5.82 Å². The predicted molar refractivity (Wildman–Crippen MR) is 66.5 cm³/mol. The van der Waals surface area contributed by atoms with Crippen LogP contribution in [0.4, 0.5) is 10.2 Å². The second-order valence-corrected chi connectivity index (χ2v) is 3.82. The van der Waals surface area contributed by atoms with E-state index in [1.54, 1.807) is 12.1 Å². The van der Waals surface area contributed by atoms with Gasteiger partial charge in [-0.15, -0.1) is 0 Å². The van der Waals surface area contributed by atoms with Gasteiger partial charge in [-0.2, -0.15) is 0 Å². The standard InChI is InChI=1S/C13H15FN2O2/c1-2-17-8-7-11-12(13(15)16-18-11)9-3-5-10(14)6-4-9/h3-6H,2,7-8H2,1H3,(H2,15,16). The van der Waals surface area contributed by atoms with Gasteiger partial charge >= 0.3 is 0 Å². The molecule has 1 aromatic heterocycles. The lowest BCUT2D eigenvalue weighted by Gasteiger charge is -2.03. The average molecular weight is 250 g/mol. The molecular weight excluding hydrogens is 235 g/mol. The summed E-state index contributed by atoms with van der Waals surface area (Å²) in [6.07, 6.45) is 0.588. The summed E-state index contributed by atoms with van der Waals surface area (Å²) in [5.74, 6) is 0.685. The van der Waals surface area contributed by atoms with Crippen LogP contribution in [0.2, 0.25) is 0 Å². The van der Waals surface area contributed by atoms with E-state index in [0.717, 1.165) is 11.1 Å². The average Bonchev–Trinajstić information content (AvgIpc) is 2.72. The molecule has 0 aliphatic rings. The highest BCUT2D eigenvalue weighted by molar-refractivity contribution is 5.75. The zero-order valence-electron chi connectivity index (χ0n) is 10.1. The Hall–Kier alpha value is -1.88. The summed E-state index contributed by atoms with van der Waals surface area (Å²) < 4.78 is 23.3. The van der Waals surface area contributed by atoms with E-state index in [0.29, 0.717) is 31.2 Å². The molecule has 0 unspecified atom stereocenters. The van der Waals surface area contributed by atoms with Crippen LogP contribution in [0.3, 0.4) is 0 Å². The summed E-state index contributed by atoms with van der Waals surface area (Å²) in [7, 11) is 0. The first kappa shape index (κ1) is 12.6. The van der Waals surface area contributed by atoms with Crippen molar-refractivity contribution in [3.05, 3.63) is 35.8 Å². The zero-order chi connectivity index (χ0) is 13.0. The maximum Gasteiger partial charge on any atom is 0.175 e. The fourth-order valence-corrected chi connectivity index (χ4v) is 1.74. The maximum absolute atomic E-state index is 12.9. The number of nitrogen functional groups attached to an aromatic ring is 1. The van der Waals surface area contributed by atoms with Gasteiger partial charge in [-0.05, 0) is 24.6 Å². The van der Waals surface area contributed by atoms with Crippen LogP contribution in [0.1, 0.15) is 12.7 Å². The number of ether oxygens (including phenoxy) is 1. The molecule has 96 valence electrons. The SMILES string of the molecule is CCOCCc1onc(N)c1-c1ccc(F)cc1. The zero-order valence-corrected chi connectivity index (χ0v) is 10.1. The topological polar surface area (TPSA) is 61.3 Å². The number of aromatic nitrogens is 1.